The number of para-hydroxylation sites is 1. The van der Waals surface area contributed by atoms with Gasteiger partial charge in [0, 0.05) is 12.1 Å². The van der Waals surface area contributed by atoms with Crippen LogP contribution in [0.1, 0.15) is 31.7 Å². The molecule has 0 bridgehead atoms. The average molecular weight is 288 g/mol. The molecule has 5 nitrogen and oxygen atoms in total. The van der Waals surface area contributed by atoms with E-state index in [1.807, 2.05) is 31.2 Å². The minimum Gasteiger partial charge on any atom is -0.480 e. The molecule has 0 aliphatic carbocycles. The number of nitrogens with one attached hydrogen (secondary N) is 1. The number of rotatable bonds is 3. The van der Waals surface area contributed by atoms with Crippen LogP contribution in [-0.2, 0) is 16.0 Å². The van der Waals surface area contributed by atoms with Crippen LogP contribution in [-0.4, -0.2) is 35.1 Å². The van der Waals surface area contributed by atoms with Crippen molar-refractivity contribution in [1.29, 1.82) is 0 Å². The Balaban J connectivity index is 2.01. The maximum atomic E-state index is 13.1. The lowest BCUT2D eigenvalue weighted by Gasteiger charge is -2.34. The summed E-state index contributed by atoms with van der Waals surface area (Å²) in [5.74, 6) is -1.04. The van der Waals surface area contributed by atoms with Crippen LogP contribution in [0.4, 0.5) is 5.69 Å². The Kier molecular flexibility index (Phi) is 3.45. The minimum atomic E-state index is -0.941. The van der Waals surface area contributed by atoms with E-state index in [-0.39, 0.29) is 5.91 Å². The molecule has 0 spiro atoms. The summed E-state index contributed by atoms with van der Waals surface area (Å²) in [5, 5.41) is 12.8. The molecule has 21 heavy (non-hydrogen) atoms. The summed E-state index contributed by atoms with van der Waals surface area (Å²) in [4.78, 5) is 26.2. The standard InChI is InChI=1S/C16H20N2O3/c1-2-16(8-5-9-17-16)15(21)18-12-7-4-3-6-11(12)10-13(18)14(19)20/h3-4,6-7,13,17H,2,5,8-10H2,1H3,(H,19,20). The summed E-state index contributed by atoms with van der Waals surface area (Å²) in [6, 6.07) is 6.69. The third-order valence-electron chi connectivity index (χ3n) is 4.74. The van der Waals surface area contributed by atoms with Crippen molar-refractivity contribution in [3.8, 4) is 0 Å². The number of fused-ring (bicyclic) bond motifs is 1. The van der Waals surface area contributed by atoms with Gasteiger partial charge in [0.25, 0.3) is 0 Å². The first kappa shape index (κ1) is 14.1. The van der Waals surface area contributed by atoms with Gasteiger partial charge in [-0.2, -0.15) is 0 Å². The molecule has 2 atom stereocenters. The second-order valence-electron chi connectivity index (χ2n) is 5.83. The molecule has 0 radical (unpaired) electrons. The van der Waals surface area contributed by atoms with Crippen molar-refractivity contribution in [2.24, 2.45) is 0 Å². The normalized spacial score (nSPS) is 27.7. The Morgan fingerprint density at radius 1 is 1.43 bits per heavy atom. The van der Waals surface area contributed by atoms with Gasteiger partial charge in [-0.1, -0.05) is 25.1 Å². The van der Waals surface area contributed by atoms with Crippen molar-refractivity contribution in [3.63, 3.8) is 0 Å². The predicted molar refractivity (Wildman–Crippen MR) is 79.3 cm³/mol. The highest BCUT2D eigenvalue weighted by Crippen LogP contribution is 2.36. The number of benzene rings is 1. The van der Waals surface area contributed by atoms with Gasteiger partial charge < -0.3 is 10.4 Å². The molecule has 2 heterocycles. The highest BCUT2D eigenvalue weighted by Gasteiger charge is 2.48. The van der Waals surface area contributed by atoms with Crippen LogP contribution in [0.15, 0.2) is 24.3 Å². The monoisotopic (exact) mass is 288 g/mol. The number of hydrogen-bond acceptors (Lipinski definition) is 3. The van der Waals surface area contributed by atoms with E-state index in [0.29, 0.717) is 12.8 Å². The molecule has 1 aromatic carbocycles. The van der Waals surface area contributed by atoms with Gasteiger partial charge in [-0.05, 0) is 37.4 Å². The van der Waals surface area contributed by atoms with Crippen LogP contribution in [0.3, 0.4) is 0 Å². The Labute approximate surface area is 123 Å². The second-order valence-corrected chi connectivity index (χ2v) is 5.83. The van der Waals surface area contributed by atoms with Gasteiger partial charge in [0.2, 0.25) is 5.91 Å². The molecule has 1 aromatic rings. The highest BCUT2D eigenvalue weighted by atomic mass is 16.4. The number of amides is 1. The quantitative estimate of drug-likeness (QED) is 0.885. The van der Waals surface area contributed by atoms with Crippen molar-refractivity contribution in [1.82, 2.24) is 5.32 Å². The fourth-order valence-electron chi connectivity index (χ4n) is 3.51. The Morgan fingerprint density at radius 3 is 2.81 bits per heavy atom. The first-order valence-corrected chi connectivity index (χ1v) is 7.48. The van der Waals surface area contributed by atoms with Crippen molar-refractivity contribution < 1.29 is 14.7 Å². The smallest absolute Gasteiger partial charge is 0.327 e. The topological polar surface area (TPSA) is 69.6 Å². The maximum Gasteiger partial charge on any atom is 0.327 e. The molecule has 0 aromatic heterocycles. The number of nitrogens with zero attached hydrogens (tertiary/aromatic N) is 1. The van der Waals surface area contributed by atoms with Crippen LogP contribution >= 0.6 is 0 Å². The average Bonchev–Trinajstić information content (AvgIpc) is 3.11. The van der Waals surface area contributed by atoms with Gasteiger partial charge in [-0.3, -0.25) is 9.69 Å². The molecule has 2 unspecified atom stereocenters. The van der Waals surface area contributed by atoms with Gasteiger partial charge in [-0.15, -0.1) is 0 Å². The summed E-state index contributed by atoms with van der Waals surface area (Å²) in [7, 11) is 0. The number of carboxylic acid groups (broad SMARTS) is 1. The fraction of sp³-hybridized carbons (Fsp3) is 0.500. The van der Waals surface area contributed by atoms with E-state index >= 15 is 0 Å². The third-order valence-corrected chi connectivity index (χ3v) is 4.74. The molecule has 2 aliphatic heterocycles. The Bertz CT molecular complexity index is 579. The maximum absolute atomic E-state index is 13.1. The van der Waals surface area contributed by atoms with E-state index in [4.69, 9.17) is 0 Å². The number of hydrogen-bond donors (Lipinski definition) is 2. The van der Waals surface area contributed by atoms with Gasteiger partial charge in [-0.25, -0.2) is 4.79 Å². The summed E-state index contributed by atoms with van der Waals surface area (Å²) >= 11 is 0. The van der Waals surface area contributed by atoms with Crippen LogP contribution < -0.4 is 10.2 Å². The van der Waals surface area contributed by atoms with Crippen LogP contribution in [0, 0.1) is 0 Å². The summed E-state index contributed by atoms with van der Waals surface area (Å²) in [6.07, 6.45) is 2.79. The van der Waals surface area contributed by atoms with Crippen LogP contribution in [0.25, 0.3) is 0 Å². The molecule has 3 rings (SSSR count). The van der Waals surface area contributed by atoms with Gasteiger partial charge in [0.05, 0.1) is 5.54 Å². The van der Waals surface area contributed by atoms with Crippen molar-refractivity contribution in [2.75, 3.05) is 11.4 Å². The first-order chi connectivity index (χ1) is 10.1. The summed E-state index contributed by atoms with van der Waals surface area (Å²) < 4.78 is 0. The predicted octanol–water partition coefficient (Wildman–Crippen LogP) is 1.56. The molecule has 112 valence electrons. The second kappa shape index (κ2) is 5.15. The van der Waals surface area contributed by atoms with Gasteiger partial charge >= 0.3 is 5.97 Å². The zero-order valence-corrected chi connectivity index (χ0v) is 12.1. The molecule has 2 aliphatic rings. The van der Waals surface area contributed by atoms with E-state index in [0.717, 1.165) is 30.6 Å². The van der Waals surface area contributed by atoms with E-state index in [9.17, 15) is 14.7 Å². The number of carbonyl (C=O) groups excluding carboxylic acids is 1. The van der Waals surface area contributed by atoms with E-state index in [2.05, 4.69) is 5.32 Å². The van der Waals surface area contributed by atoms with Crippen molar-refractivity contribution >= 4 is 17.6 Å². The minimum absolute atomic E-state index is 0.0974. The largest absolute Gasteiger partial charge is 0.480 e. The van der Waals surface area contributed by atoms with E-state index < -0.39 is 17.6 Å². The molecule has 5 heteroatoms. The lowest BCUT2D eigenvalue weighted by atomic mass is 9.92. The van der Waals surface area contributed by atoms with Gasteiger partial charge in [0.15, 0.2) is 0 Å². The zero-order chi connectivity index (χ0) is 15.0. The first-order valence-electron chi connectivity index (χ1n) is 7.48. The molecule has 1 saturated heterocycles. The number of anilines is 1. The molecular weight excluding hydrogens is 268 g/mol. The van der Waals surface area contributed by atoms with E-state index in [1.54, 1.807) is 0 Å². The molecule has 1 fully saturated rings. The van der Waals surface area contributed by atoms with E-state index in [1.165, 1.54) is 4.90 Å². The highest BCUT2D eigenvalue weighted by molar-refractivity contribution is 6.06. The lowest BCUT2D eigenvalue weighted by molar-refractivity contribution is -0.140. The third kappa shape index (κ3) is 2.12. The molecule has 0 saturated carbocycles. The van der Waals surface area contributed by atoms with Crippen molar-refractivity contribution in [3.05, 3.63) is 29.8 Å². The van der Waals surface area contributed by atoms with Crippen LogP contribution in [0.2, 0.25) is 0 Å². The summed E-state index contributed by atoms with van der Waals surface area (Å²) in [6.45, 7) is 2.79. The Morgan fingerprint density at radius 2 is 2.19 bits per heavy atom. The fourth-order valence-corrected chi connectivity index (χ4v) is 3.51. The Hall–Kier alpha value is -1.88. The van der Waals surface area contributed by atoms with Gasteiger partial charge in [0.1, 0.15) is 6.04 Å². The molecule has 2 N–H and O–H groups in total. The molecule has 1 amide bonds. The lowest BCUT2D eigenvalue weighted by Crippen LogP contribution is -2.58. The van der Waals surface area contributed by atoms with Crippen molar-refractivity contribution in [2.45, 2.75) is 44.2 Å². The zero-order valence-electron chi connectivity index (χ0n) is 12.1. The number of carbonyl (C=O) groups is 2. The number of carboxylic acids is 1. The number of aliphatic carboxylic acids is 1. The molecular formula is C16H20N2O3. The van der Waals surface area contributed by atoms with Crippen LogP contribution in [0.5, 0.6) is 0 Å². The SMILES string of the molecule is CCC1(C(=O)N2c3ccccc3CC2C(=O)O)CCCN1. The summed E-state index contributed by atoms with van der Waals surface area (Å²) in [5.41, 5.74) is 1.07.